The van der Waals surface area contributed by atoms with Crippen molar-refractivity contribution in [1.29, 1.82) is 0 Å². The molecule has 2 aromatic carbocycles. The average molecular weight is 380 g/mol. The molecule has 2 N–H and O–H groups in total. The predicted octanol–water partition coefficient (Wildman–Crippen LogP) is 4.13. The van der Waals surface area contributed by atoms with E-state index in [1.807, 2.05) is 56.3 Å². The number of amides is 2. The minimum Gasteiger partial charge on any atom is -0.483 e. The Morgan fingerprint density at radius 2 is 1.71 bits per heavy atom. The van der Waals surface area contributed by atoms with E-state index in [0.717, 1.165) is 53.8 Å². The second kappa shape index (κ2) is 9.40. The number of nitrogens with one attached hydrogen (secondary N) is 2. The van der Waals surface area contributed by atoms with Gasteiger partial charge in [-0.25, -0.2) is 0 Å². The quantitative estimate of drug-likeness (QED) is 0.759. The summed E-state index contributed by atoms with van der Waals surface area (Å²) in [5, 5.41) is 5.86. The fourth-order valence-electron chi connectivity index (χ4n) is 3.61. The van der Waals surface area contributed by atoms with Gasteiger partial charge in [-0.3, -0.25) is 9.59 Å². The lowest BCUT2D eigenvalue weighted by Gasteiger charge is -2.13. The van der Waals surface area contributed by atoms with E-state index in [0.29, 0.717) is 6.54 Å². The predicted molar refractivity (Wildman–Crippen MR) is 110 cm³/mol. The molecular weight excluding hydrogens is 352 g/mol. The minimum atomic E-state index is -0.178. The maximum atomic E-state index is 12.3. The third-order valence-electron chi connectivity index (χ3n) is 5.17. The summed E-state index contributed by atoms with van der Waals surface area (Å²) in [5.74, 6) is 0.809. The van der Waals surface area contributed by atoms with Crippen LogP contribution in [0.3, 0.4) is 0 Å². The van der Waals surface area contributed by atoms with Crippen molar-refractivity contribution in [3.63, 3.8) is 0 Å². The number of carbonyl (C=O) groups is 2. The van der Waals surface area contributed by atoms with Crippen LogP contribution < -0.4 is 15.4 Å². The Labute approximate surface area is 166 Å². The highest BCUT2D eigenvalue weighted by atomic mass is 16.5. The van der Waals surface area contributed by atoms with Gasteiger partial charge in [0.25, 0.3) is 5.91 Å². The van der Waals surface area contributed by atoms with Crippen molar-refractivity contribution in [3.05, 3.63) is 59.2 Å². The molecule has 5 nitrogen and oxygen atoms in total. The highest BCUT2D eigenvalue weighted by molar-refractivity contribution is 5.92. The Kier molecular flexibility index (Phi) is 6.69. The zero-order valence-corrected chi connectivity index (χ0v) is 16.6. The fourth-order valence-corrected chi connectivity index (χ4v) is 3.61. The normalized spacial score (nSPS) is 13.9. The first kappa shape index (κ1) is 19.9. The van der Waals surface area contributed by atoms with E-state index in [9.17, 15) is 9.59 Å². The number of rotatable bonds is 7. The van der Waals surface area contributed by atoms with E-state index in [2.05, 4.69) is 10.6 Å². The molecule has 1 aliphatic rings. The number of aryl methyl sites for hydroxylation is 2. The van der Waals surface area contributed by atoms with E-state index in [1.165, 1.54) is 0 Å². The Bertz CT molecular complexity index is 821. The summed E-state index contributed by atoms with van der Waals surface area (Å²) in [4.78, 5) is 24.4. The van der Waals surface area contributed by atoms with Crippen LogP contribution in [-0.4, -0.2) is 18.4 Å². The van der Waals surface area contributed by atoms with Crippen LogP contribution in [-0.2, 0) is 16.1 Å². The molecule has 0 spiro atoms. The molecule has 2 amide bonds. The summed E-state index contributed by atoms with van der Waals surface area (Å²) < 4.78 is 5.68. The number of benzene rings is 2. The molecule has 0 bridgehead atoms. The van der Waals surface area contributed by atoms with Crippen LogP contribution in [0.4, 0.5) is 5.69 Å². The monoisotopic (exact) mass is 380 g/mol. The topological polar surface area (TPSA) is 67.4 Å². The van der Waals surface area contributed by atoms with Crippen LogP contribution in [0.25, 0.3) is 0 Å². The molecule has 0 heterocycles. The molecule has 0 aromatic heterocycles. The van der Waals surface area contributed by atoms with Gasteiger partial charge in [-0.15, -0.1) is 0 Å². The van der Waals surface area contributed by atoms with Crippen LogP contribution in [0.5, 0.6) is 5.75 Å². The van der Waals surface area contributed by atoms with Crippen LogP contribution in [0.1, 0.15) is 42.4 Å². The number of para-hydroxylation sites is 1. The van der Waals surface area contributed by atoms with E-state index in [4.69, 9.17) is 4.74 Å². The Morgan fingerprint density at radius 3 is 2.43 bits per heavy atom. The van der Waals surface area contributed by atoms with Crippen molar-refractivity contribution in [2.24, 2.45) is 5.92 Å². The molecule has 2 aromatic rings. The molecule has 3 rings (SSSR count). The minimum absolute atomic E-state index is 0.0240. The lowest BCUT2D eigenvalue weighted by Crippen LogP contribution is -2.28. The third kappa shape index (κ3) is 5.35. The van der Waals surface area contributed by atoms with Crippen molar-refractivity contribution in [1.82, 2.24) is 5.32 Å². The van der Waals surface area contributed by atoms with Gasteiger partial charge in [0.1, 0.15) is 5.75 Å². The lowest BCUT2D eigenvalue weighted by molar-refractivity contribution is -0.123. The van der Waals surface area contributed by atoms with Gasteiger partial charge < -0.3 is 15.4 Å². The van der Waals surface area contributed by atoms with Gasteiger partial charge in [-0.05, 0) is 55.5 Å². The number of hydrogen-bond donors (Lipinski definition) is 2. The average Bonchev–Trinajstić information content (AvgIpc) is 3.21. The lowest BCUT2D eigenvalue weighted by atomic mass is 10.1. The standard InChI is InChI=1S/C23H28N2O3/c1-16-7-5-8-17(2)22(16)28-15-21(26)24-14-18-9-6-12-20(13-18)25-23(27)19-10-3-4-11-19/h5-9,12-13,19H,3-4,10-11,14-15H2,1-2H3,(H,24,26)(H,25,27). The molecule has 148 valence electrons. The highest BCUT2D eigenvalue weighted by Crippen LogP contribution is 2.26. The molecule has 0 unspecified atom stereocenters. The molecule has 1 aliphatic carbocycles. The first-order valence-corrected chi connectivity index (χ1v) is 9.88. The molecular formula is C23H28N2O3. The molecule has 0 saturated heterocycles. The zero-order valence-electron chi connectivity index (χ0n) is 16.6. The van der Waals surface area contributed by atoms with Gasteiger partial charge in [0.15, 0.2) is 6.61 Å². The fraction of sp³-hybridized carbons (Fsp3) is 0.391. The molecule has 1 saturated carbocycles. The molecule has 0 radical (unpaired) electrons. The van der Waals surface area contributed by atoms with Crippen molar-refractivity contribution in [3.8, 4) is 5.75 Å². The Balaban J connectivity index is 1.48. The summed E-state index contributed by atoms with van der Waals surface area (Å²) in [6.45, 7) is 4.29. The van der Waals surface area contributed by atoms with E-state index < -0.39 is 0 Å². The highest BCUT2D eigenvalue weighted by Gasteiger charge is 2.22. The third-order valence-corrected chi connectivity index (χ3v) is 5.17. The second-order valence-electron chi connectivity index (χ2n) is 7.46. The van der Waals surface area contributed by atoms with E-state index >= 15 is 0 Å². The largest absolute Gasteiger partial charge is 0.483 e. The summed E-state index contributed by atoms with van der Waals surface area (Å²) in [6.07, 6.45) is 4.21. The zero-order chi connectivity index (χ0) is 19.9. The number of hydrogen-bond acceptors (Lipinski definition) is 3. The van der Waals surface area contributed by atoms with Crippen LogP contribution in [0, 0.1) is 19.8 Å². The van der Waals surface area contributed by atoms with Gasteiger partial charge in [-0.2, -0.15) is 0 Å². The van der Waals surface area contributed by atoms with Crippen molar-refractivity contribution in [2.75, 3.05) is 11.9 Å². The van der Waals surface area contributed by atoms with Crippen molar-refractivity contribution in [2.45, 2.75) is 46.1 Å². The maximum absolute atomic E-state index is 12.3. The molecule has 0 aliphatic heterocycles. The first-order chi connectivity index (χ1) is 13.5. The Morgan fingerprint density at radius 1 is 1.04 bits per heavy atom. The van der Waals surface area contributed by atoms with Crippen molar-refractivity contribution >= 4 is 17.5 Å². The maximum Gasteiger partial charge on any atom is 0.258 e. The summed E-state index contributed by atoms with van der Waals surface area (Å²) in [6, 6.07) is 13.5. The first-order valence-electron chi connectivity index (χ1n) is 9.88. The van der Waals surface area contributed by atoms with Gasteiger partial charge in [0.2, 0.25) is 5.91 Å². The van der Waals surface area contributed by atoms with Crippen molar-refractivity contribution < 1.29 is 14.3 Å². The van der Waals surface area contributed by atoms with Gasteiger partial charge in [0, 0.05) is 18.2 Å². The molecule has 28 heavy (non-hydrogen) atoms. The van der Waals surface area contributed by atoms with Crippen LogP contribution in [0.2, 0.25) is 0 Å². The molecule has 1 fully saturated rings. The Hall–Kier alpha value is -2.82. The van der Waals surface area contributed by atoms with Gasteiger partial charge in [-0.1, -0.05) is 43.2 Å². The summed E-state index contributed by atoms with van der Waals surface area (Å²) in [7, 11) is 0. The molecule has 5 heteroatoms. The summed E-state index contributed by atoms with van der Waals surface area (Å²) in [5.41, 5.74) is 3.73. The summed E-state index contributed by atoms with van der Waals surface area (Å²) >= 11 is 0. The van der Waals surface area contributed by atoms with E-state index in [-0.39, 0.29) is 24.3 Å². The van der Waals surface area contributed by atoms with Gasteiger partial charge >= 0.3 is 0 Å². The van der Waals surface area contributed by atoms with E-state index in [1.54, 1.807) is 0 Å². The smallest absolute Gasteiger partial charge is 0.258 e. The number of carbonyl (C=O) groups excluding carboxylic acids is 2. The SMILES string of the molecule is Cc1cccc(C)c1OCC(=O)NCc1cccc(NC(=O)C2CCCC2)c1. The van der Waals surface area contributed by atoms with Gasteiger partial charge in [0.05, 0.1) is 0 Å². The second-order valence-corrected chi connectivity index (χ2v) is 7.46. The van der Waals surface area contributed by atoms with Crippen LogP contribution in [0.15, 0.2) is 42.5 Å². The number of ether oxygens (including phenoxy) is 1. The number of anilines is 1. The molecule has 0 atom stereocenters. The van der Waals surface area contributed by atoms with Crippen LogP contribution >= 0.6 is 0 Å².